The van der Waals surface area contributed by atoms with Gasteiger partial charge in [0, 0.05) is 26.7 Å². The minimum Gasteiger partial charge on any atom is -1.00 e. The summed E-state index contributed by atoms with van der Waals surface area (Å²) in [6.45, 7) is 0.893. The standard InChI is InChI=1S/C16H23N3O.ClH/c1-18-14-9-8-12(10-15(14)19(2)16(18)20)11-17-13-6-4-3-5-7-13;/h8-10,13,17H,3-7,11H2,1-2H3;1H/p-1. The molecule has 21 heavy (non-hydrogen) atoms. The van der Waals surface area contributed by atoms with Crippen molar-refractivity contribution in [1.82, 2.24) is 14.5 Å². The smallest absolute Gasteiger partial charge is 0.328 e. The van der Waals surface area contributed by atoms with E-state index in [4.69, 9.17) is 0 Å². The molecule has 1 aliphatic carbocycles. The van der Waals surface area contributed by atoms with Crippen molar-refractivity contribution in [2.24, 2.45) is 14.1 Å². The van der Waals surface area contributed by atoms with Gasteiger partial charge in [0.25, 0.3) is 0 Å². The van der Waals surface area contributed by atoms with Gasteiger partial charge in [-0.3, -0.25) is 9.13 Å². The molecule has 4 nitrogen and oxygen atoms in total. The van der Waals surface area contributed by atoms with Gasteiger partial charge in [0.1, 0.15) is 0 Å². The van der Waals surface area contributed by atoms with Crippen molar-refractivity contribution in [3.05, 3.63) is 34.2 Å². The van der Waals surface area contributed by atoms with Crippen LogP contribution in [0.3, 0.4) is 0 Å². The van der Waals surface area contributed by atoms with Crippen LogP contribution in [0.2, 0.25) is 0 Å². The lowest BCUT2D eigenvalue weighted by atomic mass is 9.95. The Morgan fingerprint density at radius 1 is 1.10 bits per heavy atom. The van der Waals surface area contributed by atoms with Crippen LogP contribution < -0.4 is 23.4 Å². The number of halogens is 1. The van der Waals surface area contributed by atoms with Crippen molar-refractivity contribution in [3.63, 3.8) is 0 Å². The minimum atomic E-state index is 0. The van der Waals surface area contributed by atoms with Gasteiger partial charge in [-0.25, -0.2) is 4.79 Å². The Bertz CT molecular complexity index is 668. The van der Waals surface area contributed by atoms with Gasteiger partial charge in [-0.05, 0) is 30.5 Å². The van der Waals surface area contributed by atoms with E-state index in [2.05, 4.69) is 23.5 Å². The van der Waals surface area contributed by atoms with Gasteiger partial charge in [-0.15, -0.1) is 0 Å². The number of rotatable bonds is 3. The number of fused-ring (bicyclic) bond motifs is 1. The largest absolute Gasteiger partial charge is 1.00 e. The molecular weight excluding hydrogens is 286 g/mol. The third kappa shape index (κ3) is 3.16. The van der Waals surface area contributed by atoms with Gasteiger partial charge in [-0.1, -0.05) is 25.3 Å². The van der Waals surface area contributed by atoms with E-state index in [1.54, 1.807) is 9.13 Å². The van der Waals surface area contributed by atoms with Crippen molar-refractivity contribution in [2.75, 3.05) is 0 Å². The first-order valence-corrected chi connectivity index (χ1v) is 7.54. The second-order valence-corrected chi connectivity index (χ2v) is 5.94. The lowest BCUT2D eigenvalue weighted by Gasteiger charge is -2.22. The van der Waals surface area contributed by atoms with E-state index in [0.29, 0.717) is 6.04 Å². The molecule has 0 amide bonds. The molecule has 0 bridgehead atoms. The number of nitrogens with zero attached hydrogens (tertiary/aromatic N) is 2. The van der Waals surface area contributed by atoms with E-state index in [0.717, 1.165) is 17.6 Å². The Kier molecular flexibility index (Phi) is 5.12. The molecule has 0 saturated heterocycles. The van der Waals surface area contributed by atoms with E-state index in [-0.39, 0.29) is 18.1 Å². The number of hydrogen-bond donors (Lipinski definition) is 1. The van der Waals surface area contributed by atoms with Crippen molar-refractivity contribution in [2.45, 2.75) is 44.7 Å². The Hall–Kier alpha value is -1.26. The highest BCUT2D eigenvalue weighted by atomic mass is 35.5. The normalized spacial score (nSPS) is 16.1. The molecule has 0 spiro atoms. The van der Waals surface area contributed by atoms with Crippen molar-refractivity contribution in [3.8, 4) is 0 Å². The molecule has 1 fully saturated rings. The first-order valence-electron chi connectivity index (χ1n) is 7.54. The maximum atomic E-state index is 11.9. The second-order valence-electron chi connectivity index (χ2n) is 5.94. The molecule has 1 heterocycles. The van der Waals surface area contributed by atoms with E-state index in [9.17, 15) is 4.79 Å². The van der Waals surface area contributed by atoms with Gasteiger partial charge in [0.2, 0.25) is 0 Å². The van der Waals surface area contributed by atoms with Crippen LogP contribution in [0.4, 0.5) is 0 Å². The van der Waals surface area contributed by atoms with Gasteiger partial charge >= 0.3 is 5.69 Å². The molecular formula is C16H23ClN3O-. The maximum absolute atomic E-state index is 11.9. The summed E-state index contributed by atoms with van der Waals surface area (Å²) in [5.74, 6) is 0. The van der Waals surface area contributed by atoms with Crippen LogP contribution in [0.1, 0.15) is 37.7 Å². The lowest BCUT2D eigenvalue weighted by molar-refractivity contribution is -0.00000436. The number of hydrogen-bond acceptors (Lipinski definition) is 2. The van der Waals surface area contributed by atoms with Gasteiger partial charge < -0.3 is 17.7 Å². The molecule has 1 N–H and O–H groups in total. The molecule has 116 valence electrons. The molecule has 0 atom stereocenters. The SMILES string of the molecule is Cn1c(=O)n(C)c2cc(CNC3CCCCC3)ccc21.[Cl-]. The van der Waals surface area contributed by atoms with Crippen LogP contribution in [0.25, 0.3) is 11.0 Å². The zero-order chi connectivity index (χ0) is 14.1. The van der Waals surface area contributed by atoms with Gasteiger partial charge in [0.05, 0.1) is 11.0 Å². The monoisotopic (exact) mass is 308 g/mol. The molecule has 1 aromatic carbocycles. The molecule has 0 radical (unpaired) electrons. The van der Waals surface area contributed by atoms with E-state index in [1.807, 2.05) is 14.1 Å². The topological polar surface area (TPSA) is 39.0 Å². The average Bonchev–Trinajstić information content (AvgIpc) is 2.71. The van der Waals surface area contributed by atoms with Crippen LogP contribution in [0, 0.1) is 0 Å². The maximum Gasteiger partial charge on any atom is 0.328 e. The van der Waals surface area contributed by atoms with Crippen LogP contribution in [-0.2, 0) is 20.6 Å². The van der Waals surface area contributed by atoms with Crippen LogP contribution in [-0.4, -0.2) is 15.2 Å². The van der Waals surface area contributed by atoms with Crippen molar-refractivity contribution < 1.29 is 12.4 Å². The predicted molar refractivity (Wildman–Crippen MR) is 81.9 cm³/mol. The van der Waals surface area contributed by atoms with Crippen molar-refractivity contribution >= 4 is 11.0 Å². The van der Waals surface area contributed by atoms with Gasteiger partial charge in [0.15, 0.2) is 0 Å². The zero-order valence-corrected chi connectivity index (χ0v) is 13.5. The van der Waals surface area contributed by atoms with Crippen LogP contribution >= 0.6 is 0 Å². The third-order valence-electron chi connectivity index (χ3n) is 4.54. The Balaban J connectivity index is 0.00000161. The molecule has 1 aromatic heterocycles. The Morgan fingerprint density at radius 2 is 1.76 bits per heavy atom. The molecule has 2 aromatic rings. The summed E-state index contributed by atoms with van der Waals surface area (Å²) in [6.07, 6.45) is 6.68. The predicted octanol–water partition coefficient (Wildman–Crippen LogP) is -0.697. The summed E-state index contributed by atoms with van der Waals surface area (Å²) in [6, 6.07) is 6.97. The first kappa shape index (κ1) is 16.1. The highest BCUT2D eigenvalue weighted by Gasteiger charge is 2.13. The number of aromatic nitrogens is 2. The summed E-state index contributed by atoms with van der Waals surface area (Å²) in [7, 11) is 3.66. The Morgan fingerprint density at radius 3 is 2.48 bits per heavy atom. The molecule has 1 aliphatic rings. The number of nitrogens with one attached hydrogen (secondary N) is 1. The fraction of sp³-hybridized carbons (Fsp3) is 0.562. The summed E-state index contributed by atoms with van der Waals surface area (Å²) in [5, 5.41) is 3.65. The quantitative estimate of drug-likeness (QED) is 0.815. The Labute approximate surface area is 131 Å². The number of benzene rings is 1. The summed E-state index contributed by atoms with van der Waals surface area (Å²) >= 11 is 0. The molecule has 5 heteroatoms. The van der Waals surface area contributed by atoms with E-state index in [1.165, 1.54) is 37.7 Å². The van der Waals surface area contributed by atoms with Crippen molar-refractivity contribution in [1.29, 1.82) is 0 Å². The molecule has 3 rings (SSSR count). The third-order valence-corrected chi connectivity index (χ3v) is 4.54. The molecule has 0 unspecified atom stereocenters. The lowest BCUT2D eigenvalue weighted by Crippen LogP contribution is -3.00. The fourth-order valence-electron chi connectivity index (χ4n) is 3.23. The van der Waals surface area contributed by atoms with E-state index >= 15 is 0 Å². The second kappa shape index (κ2) is 6.67. The number of aryl methyl sites for hydroxylation is 2. The van der Waals surface area contributed by atoms with E-state index < -0.39 is 0 Å². The summed E-state index contributed by atoms with van der Waals surface area (Å²) in [5.41, 5.74) is 3.31. The molecule has 1 saturated carbocycles. The summed E-state index contributed by atoms with van der Waals surface area (Å²) in [4.78, 5) is 11.9. The van der Waals surface area contributed by atoms with Crippen LogP contribution in [0.15, 0.2) is 23.0 Å². The van der Waals surface area contributed by atoms with Crippen LogP contribution in [0.5, 0.6) is 0 Å². The highest BCUT2D eigenvalue weighted by molar-refractivity contribution is 5.76. The zero-order valence-electron chi connectivity index (χ0n) is 12.7. The van der Waals surface area contributed by atoms with Gasteiger partial charge in [-0.2, -0.15) is 0 Å². The first-order chi connectivity index (χ1) is 9.66. The molecule has 0 aliphatic heterocycles. The minimum absolute atomic E-state index is 0. The fourth-order valence-corrected chi connectivity index (χ4v) is 3.23. The average molecular weight is 309 g/mol. The highest BCUT2D eigenvalue weighted by Crippen LogP contribution is 2.19. The summed E-state index contributed by atoms with van der Waals surface area (Å²) < 4.78 is 3.42. The number of imidazole rings is 1.